The van der Waals surface area contributed by atoms with Crippen LogP contribution in [0.25, 0.3) is 0 Å². The van der Waals surface area contributed by atoms with E-state index in [1.165, 1.54) is 0 Å². The SMILES string of the molecule is CC(C)(C)OC(=O)N1CCCC12CCNCC2.[HH]. The maximum Gasteiger partial charge on any atom is 0.410 e. The zero-order valence-corrected chi connectivity index (χ0v) is 11.2. The van der Waals surface area contributed by atoms with E-state index in [9.17, 15) is 4.79 Å². The van der Waals surface area contributed by atoms with Gasteiger partial charge in [0.15, 0.2) is 0 Å². The number of ether oxygens (including phenoxy) is 1. The standard InChI is InChI=1S/C13H24N2O2.H2/c1-12(2,3)17-11(16)15-10-4-5-13(15)6-8-14-9-7-13;/h14H,4-10H2,1-3H3;1H. The van der Waals surface area contributed by atoms with E-state index in [1.807, 2.05) is 25.7 Å². The summed E-state index contributed by atoms with van der Waals surface area (Å²) in [6.45, 7) is 8.66. The predicted octanol–water partition coefficient (Wildman–Crippen LogP) is 2.39. The lowest BCUT2D eigenvalue weighted by molar-refractivity contribution is 0.00205. The van der Waals surface area contributed by atoms with Crippen molar-refractivity contribution in [1.29, 1.82) is 0 Å². The molecule has 1 amide bonds. The van der Waals surface area contributed by atoms with Gasteiger partial charge in [-0.3, -0.25) is 0 Å². The molecule has 0 aromatic rings. The topological polar surface area (TPSA) is 41.6 Å². The fraction of sp³-hybridized carbons (Fsp3) is 0.923. The molecule has 1 N–H and O–H groups in total. The normalized spacial score (nSPS) is 24.1. The van der Waals surface area contributed by atoms with Crippen LogP contribution in [0.15, 0.2) is 0 Å². The third-order valence-electron chi connectivity index (χ3n) is 3.74. The Morgan fingerprint density at radius 1 is 1.29 bits per heavy atom. The van der Waals surface area contributed by atoms with Crippen molar-refractivity contribution in [3.05, 3.63) is 0 Å². The lowest BCUT2D eigenvalue weighted by Crippen LogP contribution is -2.54. The van der Waals surface area contributed by atoms with Crippen molar-refractivity contribution in [3.63, 3.8) is 0 Å². The molecule has 100 valence electrons. The Morgan fingerprint density at radius 3 is 2.53 bits per heavy atom. The molecule has 2 aliphatic rings. The van der Waals surface area contributed by atoms with Gasteiger partial charge in [0.25, 0.3) is 0 Å². The van der Waals surface area contributed by atoms with Crippen molar-refractivity contribution in [2.45, 2.75) is 57.6 Å². The Kier molecular flexibility index (Phi) is 3.34. The fourth-order valence-corrected chi connectivity index (χ4v) is 2.95. The molecule has 0 saturated carbocycles. The van der Waals surface area contributed by atoms with Crippen LogP contribution in [0.4, 0.5) is 4.79 Å². The smallest absolute Gasteiger partial charge is 0.410 e. The molecule has 2 rings (SSSR count). The Balaban J connectivity index is 0.00000162. The van der Waals surface area contributed by atoms with E-state index in [0.717, 1.165) is 45.3 Å². The number of nitrogens with one attached hydrogen (secondary N) is 1. The first kappa shape index (κ1) is 12.7. The summed E-state index contributed by atoms with van der Waals surface area (Å²) < 4.78 is 5.52. The molecule has 0 radical (unpaired) electrons. The van der Waals surface area contributed by atoms with Crippen LogP contribution in [0.5, 0.6) is 0 Å². The minimum atomic E-state index is -0.395. The molecule has 0 aromatic heterocycles. The molecular formula is C13H26N2O2. The fourth-order valence-electron chi connectivity index (χ4n) is 2.95. The molecule has 0 aliphatic carbocycles. The molecule has 0 unspecified atom stereocenters. The monoisotopic (exact) mass is 242 g/mol. The molecule has 17 heavy (non-hydrogen) atoms. The van der Waals surface area contributed by atoms with Gasteiger partial charge in [0.2, 0.25) is 0 Å². The van der Waals surface area contributed by atoms with Crippen LogP contribution in [-0.2, 0) is 4.74 Å². The second kappa shape index (κ2) is 4.48. The summed E-state index contributed by atoms with van der Waals surface area (Å²) in [6.07, 6.45) is 4.24. The molecule has 0 atom stereocenters. The second-order valence-corrected chi connectivity index (χ2v) is 6.21. The Hall–Kier alpha value is -0.770. The van der Waals surface area contributed by atoms with Crippen molar-refractivity contribution in [2.75, 3.05) is 19.6 Å². The quantitative estimate of drug-likeness (QED) is 0.709. The molecule has 0 aromatic carbocycles. The van der Waals surface area contributed by atoms with Crippen LogP contribution in [0.3, 0.4) is 0 Å². The Labute approximate surface area is 105 Å². The van der Waals surface area contributed by atoms with E-state index in [-0.39, 0.29) is 13.1 Å². The number of piperidine rings is 1. The van der Waals surface area contributed by atoms with E-state index < -0.39 is 5.60 Å². The third-order valence-corrected chi connectivity index (χ3v) is 3.74. The summed E-state index contributed by atoms with van der Waals surface area (Å²) in [5.74, 6) is 0. The molecule has 2 heterocycles. The lowest BCUT2D eigenvalue weighted by atomic mass is 9.86. The highest BCUT2D eigenvalue weighted by Gasteiger charge is 2.45. The van der Waals surface area contributed by atoms with Gasteiger partial charge < -0.3 is 15.0 Å². The highest BCUT2D eigenvalue weighted by molar-refractivity contribution is 5.69. The lowest BCUT2D eigenvalue weighted by Gasteiger charge is -2.42. The van der Waals surface area contributed by atoms with Crippen molar-refractivity contribution < 1.29 is 11.0 Å². The second-order valence-electron chi connectivity index (χ2n) is 6.21. The number of likely N-dealkylation sites (tertiary alicyclic amines) is 1. The van der Waals surface area contributed by atoms with Crippen molar-refractivity contribution in [1.82, 2.24) is 10.2 Å². The van der Waals surface area contributed by atoms with Crippen molar-refractivity contribution in [3.8, 4) is 0 Å². The van der Waals surface area contributed by atoms with Crippen LogP contribution >= 0.6 is 0 Å². The zero-order chi connectivity index (χ0) is 12.5. The third kappa shape index (κ3) is 2.73. The molecule has 4 nitrogen and oxygen atoms in total. The van der Waals surface area contributed by atoms with Gasteiger partial charge in [-0.1, -0.05) is 0 Å². The first-order valence-electron chi connectivity index (χ1n) is 6.64. The molecule has 2 aliphatic heterocycles. The van der Waals surface area contributed by atoms with E-state index >= 15 is 0 Å². The Bertz CT molecular complexity index is 296. The summed E-state index contributed by atoms with van der Waals surface area (Å²) >= 11 is 0. The number of hydrogen-bond donors (Lipinski definition) is 1. The number of nitrogens with zero attached hydrogens (tertiary/aromatic N) is 1. The van der Waals surface area contributed by atoms with Gasteiger partial charge in [-0.05, 0) is 59.5 Å². The molecule has 1 spiro atoms. The van der Waals surface area contributed by atoms with E-state index in [4.69, 9.17) is 4.74 Å². The van der Waals surface area contributed by atoms with Crippen LogP contribution in [0.1, 0.15) is 47.9 Å². The highest BCUT2D eigenvalue weighted by Crippen LogP contribution is 2.37. The largest absolute Gasteiger partial charge is 0.444 e. The molecule has 4 heteroatoms. The summed E-state index contributed by atoms with van der Waals surface area (Å²) in [6, 6.07) is 0. The van der Waals surface area contributed by atoms with Crippen LogP contribution in [0.2, 0.25) is 0 Å². The summed E-state index contributed by atoms with van der Waals surface area (Å²) in [5.41, 5.74) is -0.318. The average molecular weight is 242 g/mol. The minimum Gasteiger partial charge on any atom is -0.444 e. The van der Waals surface area contributed by atoms with E-state index in [0.29, 0.717) is 0 Å². The first-order valence-corrected chi connectivity index (χ1v) is 6.64. The highest BCUT2D eigenvalue weighted by atomic mass is 16.6. The Morgan fingerprint density at radius 2 is 1.94 bits per heavy atom. The number of hydrogen-bond acceptors (Lipinski definition) is 3. The van der Waals surface area contributed by atoms with Gasteiger partial charge in [0, 0.05) is 13.5 Å². The van der Waals surface area contributed by atoms with Gasteiger partial charge in [-0.2, -0.15) is 0 Å². The number of carbonyl (C=O) groups is 1. The van der Waals surface area contributed by atoms with Gasteiger partial charge in [0.1, 0.15) is 5.60 Å². The molecular weight excluding hydrogens is 216 g/mol. The van der Waals surface area contributed by atoms with Crippen molar-refractivity contribution in [2.24, 2.45) is 0 Å². The predicted molar refractivity (Wildman–Crippen MR) is 69.1 cm³/mol. The number of amides is 1. The zero-order valence-electron chi connectivity index (χ0n) is 11.2. The number of carbonyl (C=O) groups excluding carboxylic acids is 1. The van der Waals surface area contributed by atoms with Gasteiger partial charge in [-0.15, -0.1) is 0 Å². The van der Waals surface area contributed by atoms with Crippen LogP contribution in [-0.4, -0.2) is 41.8 Å². The maximum atomic E-state index is 12.2. The van der Waals surface area contributed by atoms with Crippen LogP contribution < -0.4 is 5.32 Å². The van der Waals surface area contributed by atoms with Gasteiger partial charge in [0.05, 0.1) is 0 Å². The average Bonchev–Trinajstić information content (AvgIpc) is 2.60. The van der Waals surface area contributed by atoms with E-state index in [2.05, 4.69) is 5.32 Å². The van der Waals surface area contributed by atoms with E-state index in [1.54, 1.807) is 0 Å². The maximum absolute atomic E-state index is 12.2. The summed E-state index contributed by atoms with van der Waals surface area (Å²) in [5, 5.41) is 3.36. The first-order chi connectivity index (χ1) is 7.93. The molecule has 0 bridgehead atoms. The number of rotatable bonds is 0. The summed E-state index contributed by atoms with van der Waals surface area (Å²) in [4.78, 5) is 14.2. The van der Waals surface area contributed by atoms with Crippen molar-refractivity contribution >= 4 is 6.09 Å². The van der Waals surface area contributed by atoms with Gasteiger partial charge >= 0.3 is 6.09 Å². The van der Waals surface area contributed by atoms with Gasteiger partial charge in [-0.25, -0.2) is 4.79 Å². The van der Waals surface area contributed by atoms with Crippen LogP contribution in [0, 0.1) is 0 Å². The summed E-state index contributed by atoms with van der Waals surface area (Å²) in [7, 11) is 0. The minimum absolute atomic E-state index is 0. The molecule has 2 fully saturated rings. The molecule has 2 saturated heterocycles.